The summed E-state index contributed by atoms with van der Waals surface area (Å²) in [6.45, 7) is 2.30. The number of ether oxygens (including phenoxy) is 1. The predicted octanol–water partition coefficient (Wildman–Crippen LogP) is 3.08. The number of methoxy groups -OCH3 is 1. The van der Waals surface area contributed by atoms with E-state index in [9.17, 15) is 4.79 Å². The van der Waals surface area contributed by atoms with Crippen molar-refractivity contribution in [3.8, 4) is 0 Å². The van der Waals surface area contributed by atoms with Crippen LogP contribution in [0.1, 0.15) is 18.5 Å². The Kier molecular flexibility index (Phi) is 5.66. The second kappa shape index (κ2) is 8.12. The van der Waals surface area contributed by atoms with E-state index in [1.165, 1.54) is 17.0 Å². The summed E-state index contributed by atoms with van der Waals surface area (Å²) in [7, 11) is 1.63. The number of aromatic nitrogens is 1. The number of hydrogen-bond acceptors (Lipinski definition) is 5. The third kappa shape index (κ3) is 4.46. The lowest BCUT2D eigenvalue weighted by Crippen LogP contribution is -2.49. The molecule has 2 aromatic rings. The molecule has 0 aliphatic carbocycles. The van der Waals surface area contributed by atoms with Crippen LogP contribution in [0.3, 0.4) is 0 Å². The Balaban J connectivity index is 1.52. The summed E-state index contributed by atoms with van der Waals surface area (Å²) in [4.78, 5) is 18.8. The molecule has 3 rings (SSSR count). The number of urea groups is 1. The van der Waals surface area contributed by atoms with Crippen molar-refractivity contribution in [3.05, 3.63) is 41.4 Å². The quantitative estimate of drug-likeness (QED) is 0.873. The Labute approximate surface area is 145 Å². The Bertz CT molecular complexity index is 662. The van der Waals surface area contributed by atoms with Crippen LogP contribution in [0.5, 0.6) is 0 Å². The normalized spacial score (nSPS) is 17.5. The molecule has 1 aliphatic rings. The van der Waals surface area contributed by atoms with E-state index in [1.807, 2.05) is 23.6 Å². The first-order valence-electron chi connectivity index (χ1n) is 8.05. The molecule has 24 heavy (non-hydrogen) atoms. The standard InChI is InChI=1S/C17H22N4O2S/c1-23-11-14-12-24-17(19-14)20-16(22)18-13-6-5-9-21(10-13)15-7-3-2-4-8-15/h2-4,7-8,12-13H,5-6,9-11H2,1H3,(H2,18,19,20,22)/t13-/m0/s1. The van der Waals surface area contributed by atoms with Crippen molar-refractivity contribution < 1.29 is 9.53 Å². The number of anilines is 2. The molecule has 7 heteroatoms. The maximum absolute atomic E-state index is 12.2. The lowest BCUT2D eigenvalue weighted by Gasteiger charge is -2.34. The van der Waals surface area contributed by atoms with Crippen molar-refractivity contribution >= 4 is 28.2 Å². The van der Waals surface area contributed by atoms with Gasteiger partial charge in [0.15, 0.2) is 5.13 Å². The van der Waals surface area contributed by atoms with E-state index in [1.54, 1.807) is 7.11 Å². The average Bonchev–Trinajstić information content (AvgIpc) is 3.03. The highest BCUT2D eigenvalue weighted by Crippen LogP contribution is 2.20. The molecule has 0 radical (unpaired) electrons. The number of carbonyl (C=O) groups is 1. The second-order valence-electron chi connectivity index (χ2n) is 5.80. The van der Waals surface area contributed by atoms with Gasteiger partial charge < -0.3 is 15.0 Å². The third-order valence-corrected chi connectivity index (χ3v) is 4.75. The summed E-state index contributed by atoms with van der Waals surface area (Å²) in [5, 5.41) is 8.34. The molecule has 1 fully saturated rings. The van der Waals surface area contributed by atoms with E-state index in [4.69, 9.17) is 4.74 Å². The largest absolute Gasteiger partial charge is 0.378 e. The zero-order valence-electron chi connectivity index (χ0n) is 13.7. The van der Waals surface area contributed by atoms with Crippen LogP contribution >= 0.6 is 11.3 Å². The summed E-state index contributed by atoms with van der Waals surface area (Å²) in [6.07, 6.45) is 2.05. The van der Waals surface area contributed by atoms with Crippen LogP contribution in [0.4, 0.5) is 15.6 Å². The van der Waals surface area contributed by atoms with Gasteiger partial charge in [0.1, 0.15) is 0 Å². The first kappa shape index (κ1) is 16.7. The Morgan fingerprint density at radius 3 is 3.04 bits per heavy atom. The molecule has 2 amide bonds. The van der Waals surface area contributed by atoms with Gasteiger partial charge in [0.25, 0.3) is 0 Å². The summed E-state index contributed by atoms with van der Waals surface area (Å²) in [5.41, 5.74) is 2.03. The first-order valence-corrected chi connectivity index (χ1v) is 8.93. The fraction of sp³-hybridized carbons (Fsp3) is 0.412. The number of rotatable bonds is 5. The van der Waals surface area contributed by atoms with Crippen molar-refractivity contribution in [2.75, 3.05) is 30.4 Å². The van der Waals surface area contributed by atoms with Gasteiger partial charge in [-0.3, -0.25) is 5.32 Å². The fourth-order valence-electron chi connectivity index (χ4n) is 2.87. The molecule has 2 N–H and O–H groups in total. The maximum atomic E-state index is 12.2. The minimum Gasteiger partial charge on any atom is -0.378 e. The maximum Gasteiger partial charge on any atom is 0.321 e. The van der Waals surface area contributed by atoms with Gasteiger partial charge in [-0.1, -0.05) is 18.2 Å². The van der Waals surface area contributed by atoms with Gasteiger partial charge >= 0.3 is 6.03 Å². The van der Waals surface area contributed by atoms with Gasteiger partial charge in [0.2, 0.25) is 0 Å². The molecule has 0 bridgehead atoms. The Morgan fingerprint density at radius 1 is 1.42 bits per heavy atom. The number of para-hydroxylation sites is 1. The van der Waals surface area contributed by atoms with Crippen LogP contribution in [-0.2, 0) is 11.3 Å². The highest BCUT2D eigenvalue weighted by molar-refractivity contribution is 7.13. The van der Waals surface area contributed by atoms with Gasteiger partial charge in [-0.05, 0) is 25.0 Å². The number of nitrogens with one attached hydrogen (secondary N) is 2. The number of carbonyl (C=O) groups excluding carboxylic acids is 1. The molecule has 1 aromatic carbocycles. The highest BCUT2D eigenvalue weighted by atomic mass is 32.1. The number of benzene rings is 1. The number of hydrogen-bond donors (Lipinski definition) is 2. The molecule has 1 aliphatic heterocycles. The number of amides is 2. The highest BCUT2D eigenvalue weighted by Gasteiger charge is 2.21. The second-order valence-corrected chi connectivity index (χ2v) is 6.65. The van der Waals surface area contributed by atoms with Gasteiger partial charge in [-0.25, -0.2) is 9.78 Å². The van der Waals surface area contributed by atoms with Crippen molar-refractivity contribution in [2.24, 2.45) is 0 Å². The van der Waals surface area contributed by atoms with E-state index < -0.39 is 0 Å². The lowest BCUT2D eigenvalue weighted by molar-refractivity contribution is 0.182. The average molecular weight is 346 g/mol. The smallest absolute Gasteiger partial charge is 0.321 e. The molecule has 1 saturated heterocycles. The SMILES string of the molecule is COCc1csc(NC(=O)N[C@H]2CCCN(c3ccccc3)C2)n1. The number of thiazole rings is 1. The van der Waals surface area contributed by atoms with Gasteiger partial charge in [-0.2, -0.15) is 0 Å². The van der Waals surface area contributed by atoms with Gasteiger partial charge in [-0.15, -0.1) is 11.3 Å². The lowest BCUT2D eigenvalue weighted by atomic mass is 10.1. The van der Waals surface area contributed by atoms with Crippen LogP contribution in [0.25, 0.3) is 0 Å². The molecular formula is C17H22N4O2S. The summed E-state index contributed by atoms with van der Waals surface area (Å²) < 4.78 is 5.03. The van der Waals surface area contributed by atoms with Crippen LogP contribution < -0.4 is 15.5 Å². The minimum absolute atomic E-state index is 0.136. The Hall–Kier alpha value is -2.12. The van der Waals surface area contributed by atoms with Crippen molar-refractivity contribution in [1.29, 1.82) is 0 Å². The van der Waals surface area contributed by atoms with E-state index in [0.717, 1.165) is 31.6 Å². The zero-order valence-corrected chi connectivity index (χ0v) is 14.5. The number of nitrogens with zero attached hydrogens (tertiary/aromatic N) is 2. The molecule has 2 heterocycles. The van der Waals surface area contributed by atoms with Crippen LogP contribution in [0.2, 0.25) is 0 Å². The van der Waals surface area contributed by atoms with Crippen LogP contribution in [-0.4, -0.2) is 37.3 Å². The molecule has 128 valence electrons. The predicted molar refractivity (Wildman–Crippen MR) is 96.7 cm³/mol. The van der Waals surface area contributed by atoms with E-state index in [2.05, 4.69) is 32.7 Å². The Morgan fingerprint density at radius 2 is 2.25 bits per heavy atom. The van der Waals surface area contributed by atoms with Crippen molar-refractivity contribution in [1.82, 2.24) is 10.3 Å². The van der Waals surface area contributed by atoms with E-state index in [0.29, 0.717) is 11.7 Å². The van der Waals surface area contributed by atoms with E-state index >= 15 is 0 Å². The van der Waals surface area contributed by atoms with Crippen molar-refractivity contribution in [2.45, 2.75) is 25.5 Å². The molecule has 1 aromatic heterocycles. The van der Waals surface area contributed by atoms with Gasteiger partial charge in [0, 0.05) is 37.3 Å². The molecule has 0 unspecified atom stereocenters. The molecular weight excluding hydrogens is 324 g/mol. The topological polar surface area (TPSA) is 66.5 Å². The number of piperidine rings is 1. The van der Waals surface area contributed by atoms with Crippen molar-refractivity contribution in [3.63, 3.8) is 0 Å². The summed E-state index contributed by atoms with van der Waals surface area (Å²) in [5.74, 6) is 0. The van der Waals surface area contributed by atoms with Gasteiger partial charge in [0.05, 0.1) is 12.3 Å². The third-order valence-electron chi connectivity index (χ3n) is 3.94. The van der Waals surface area contributed by atoms with Crippen LogP contribution in [0, 0.1) is 0 Å². The summed E-state index contributed by atoms with van der Waals surface area (Å²) >= 11 is 1.40. The minimum atomic E-state index is -0.201. The zero-order chi connectivity index (χ0) is 16.8. The molecule has 1 atom stereocenters. The molecule has 0 saturated carbocycles. The molecule has 6 nitrogen and oxygen atoms in total. The van der Waals surface area contributed by atoms with Crippen LogP contribution in [0.15, 0.2) is 35.7 Å². The first-order chi connectivity index (χ1) is 11.7. The fourth-order valence-corrected chi connectivity index (χ4v) is 3.56. The molecule has 0 spiro atoms. The van der Waals surface area contributed by atoms with E-state index in [-0.39, 0.29) is 12.1 Å². The monoisotopic (exact) mass is 346 g/mol. The summed E-state index contributed by atoms with van der Waals surface area (Å²) in [6, 6.07) is 10.2.